The summed E-state index contributed by atoms with van der Waals surface area (Å²) in [6.07, 6.45) is -0.907. The van der Waals surface area contributed by atoms with Gasteiger partial charge in [0, 0.05) is 13.3 Å². The second-order valence-electron chi connectivity index (χ2n) is 5.53. The van der Waals surface area contributed by atoms with Crippen LogP contribution in [0.2, 0.25) is 0 Å². The molecule has 0 saturated carbocycles. The summed E-state index contributed by atoms with van der Waals surface area (Å²) in [5.41, 5.74) is 0.899. The van der Waals surface area contributed by atoms with E-state index in [1.807, 2.05) is 0 Å². The molecule has 0 radical (unpaired) electrons. The van der Waals surface area contributed by atoms with Crippen molar-refractivity contribution in [3.05, 3.63) is 12.2 Å². The number of fused-ring (bicyclic) bond motifs is 1. The van der Waals surface area contributed by atoms with Crippen molar-refractivity contribution in [3.8, 4) is 5.88 Å². The molecule has 1 aliphatic rings. The fraction of sp³-hybridized carbons (Fsp3) is 0.533. The SMILES string of the molecule is COC(=O)OC[C@@H]1C[C@@H](OC(C)=O)[C@H](c2nc3ncnc(OC)c3[nH]2)O1. The first-order valence-electron chi connectivity index (χ1n) is 7.79. The number of carbonyl (C=O) groups is 2. The molecule has 1 fully saturated rings. The Morgan fingerprint density at radius 3 is 2.85 bits per heavy atom. The van der Waals surface area contributed by atoms with Crippen LogP contribution in [0.5, 0.6) is 5.88 Å². The van der Waals surface area contributed by atoms with Crippen LogP contribution in [0.4, 0.5) is 4.79 Å². The van der Waals surface area contributed by atoms with Gasteiger partial charge in [-0.05, 0) is 0 Å². The first kappa shape index (κ1) is 17.9. The average molecular weight is 366 g/mol. The molecule has 3 heterocycles. The van der Waals surface area contributed by atoms with Gasteiger partial charge < -0.3 is 28.7 Å². The molecular weight excluding hydrogens is 348 g/mol. The van der Waals surface area contributed by atoms with Crippen molar-refractivity contribution in [2.75, 3.05) is 20.8 Å². The number of methoxy groups -OCH3 is 2. The predicted octanol–water partition coefficient (Wildman–Crippen LogP) is 0.906. The summed E-state index contributed by atoms with van der Waals surface area (Å²) in [5, 5.41) is 0. The molecule has 0 aromatic carbocycles. The Labute approximate surface area is 148 Å². The Morgan fingerprint density at radius 1 is 1.35 bits per heavy atom. The number of imidazole rings is 1. The van der Waals surface area contributed by atoms with Crippen LogP contribution in [-0.2, 0) is 23.7 Å². The van der Waals surface area contributed by atoms with E-state index in [2.05, 4.69) is 24.7 Å². The topological polar surface area (TPSA) is 135 Å². The number of hydrogen-bond donors (Lipinski definition) is 1. The molecule has 1 saturated heterocycles. The molecule has 0 unspecified atom stereocenters. The number of aromatic amines is 1. The minimum absolute atomic E-state index is 0.0374. The van der Waals surface area contributed by atoms with E-state index in [4.69, 9.17) is 18.9 Å². The van der Waals surface area contributed by atoms with Crippen molar-refractivity contribution >= 4 is 23.3 Å². The number of hydrogen-bond acceptors (Lipinski definition) is 10. The Bertz CT molecular complexity index is 808. The lowest BCUT2D eigenvalue weighted by molar-refractivity contribution is -0.149. The molecule has 11 heteroatoms. The second kappa shape index (κ2) is 7.52. The van der Waals surface area contributed by atoms with Crippen LogP contribution in [0.25, 0.3) is 11.2 Å². The molecule has 0 aliphatic carbocycles. The van der Waals surface area contributed by atoms with Gasteiger partial charge in [0.05, 0.1) is 20.3 Å². The molecule has 26 heavy (non-hydrogen) atoms. The van der Waals surface area contributed by atoms with Gasteiger partial charge in [0.15, 0.2) is 11.8 Å². The lowest BCUT2D eigenvalue weighted by Crippen LogP contribution is -2.21. The van der Waals surface area contributed by atoms with Crippen LogP contribution >= 0.6 is 0 Å². The molecule has 1 aliphatic heterocycles. The fourth-order valence-corrected chi connectivity index (χ4v) is 2.74. The first-order chi connectivity index (χ1) is 12.5. The molecule has 2 aromatic heterocycles. The number of aromatic nitrogens is 4. The zero-order valence-electron chi connectivity index (χ0n) is 14.4. The summed E-state index contributed by atoms with van der Waals surface area (Å²) in [6, 6.07) is 0. The Hall–Kier alpha value is -2.95. The lowest BCUT2D eigenvalue weighted by atomic mass is 10.1. The molecular formula is C15H18N4O7. The van der Waals surface area contributed by atoms with Gasteiger partial charge in [-0.2, -0.15) is 4.98 Å². The van der Waals surface area contributed by atoms with Gasteiger partial charge >= 0.3 is 12.1 Å². The van der Waals surface area contributed by atoms with Crippen molar-refractivity contribution in [2.45, 2.75) is 31.7 Å². The molecule has 0 amide bonds. The van der Waals surface area contributed by atoms with E-state index >= 15 is 0 Å². The number of esters is 1. The number of carbonyl (C=O) groups excluding carboxylic acids is 2. The molecule has 0 spiro atoms. The normalized spacial score (nSPS) is 22.2. The van der Waals surface area contributed by atoms with Gasteiger partial charge in [-0.1, -0.05) is 0 Å². The third kappa shape index (κ3) is 3.67. The molecule has 140 valence electrons. The highest BCUT2D eigenvalue weighted by Crippen LogP contribution is 2.35. The minimum atomic E-state index is -0.815. The summed E-state index contributed by atoms with van der Waals surface area (Å²) < 4.78 is 25.7. The summed E-state index contributed by atoms with van der Waals surface area (Å²) in [4.78, 5) is 38.0. The Balaban J connectivity index is 1.83. The van der Waals surface area contributed by atoms with Crippen LogP contribution in [0.15, 0.2) is 6.33 Å². The third-order valence-electron chi connectivity index (χ3n) is 3.78. The number of nitrogens with one attached hydrogen (secondary N) is 1. The van der Waals surface area contributed by atoms with Crippen LogP contribution in [0.1, 0.15) is 25.3 Å². The van der Waals surface area contributed by atoms with Gasteiger partial charge in [-0.3, -0.25) is 4.79 Å². The number of nitrogens with zero attached hydrogens (tertiary/aromatic N) is 3. The van der Waals surface area contributed by atoms with E-state index in [9.17, 15) is 9.59 Å². The average Bonchev–Trinajstić information content (AvgIpc) is 3.22. The maximum absolute atomic E-state index is 11.4. The highest BCUT2D eigenvalue weighted by Gasteiger charge is 2.41. The predicted molar refractivity (Wildman–Crippen MR) is 84.4 cm³/mol. The Morgan fingerprint density at radius 2 is 2.15 bits per heavy atom. The maximum atomic E-state index is 11.4. The smallest absolute Gasteiger partial charge is 0.479 e. The largest absolute Gasteiger partial charge is 0.508 e. The van der Waals surface area contributed by atoms with Gasteiger partial charge in [-0.15, -0.1) is 0 Å². The monoisotopic (exact) mass is 366 g/mol. The second-order valence-corrected chi connectivity index (χ2v) is 5.53. The molecule has 0 bridgehead atoms. The van der Waals surface area contributed by atoms with Crippen molar-refractivity contribution in [3.63, 3.8) is 0 Å². The molecule has 1 N–H and O–H groups in total. The first-order valence-corrected chi connectivity index (χ1v) is 7.79. The fourth-order valence-electron chi connectivity index (χ4n) is 2.74. The zero-order chi connectivity index (χ0) is 18.7. The van der Waals surface area contributed by atoms with E-state index in [1.165, 1.54) is 27.5 Å². The van der Waals surface area contributed by atoms with Gasteiger partial charge in [0.2, 0.25) is 5.88 Å². The van der Waals surface area contributed by atoms with Gasteiger partial charge in [0.1, 0.15) is 30.4 Å². The lowest BCUT2D eigenvalue weighted by Gasteiger charge is -2.16. The highest BCUT2D eigenvalue weighted by molar-refractivity contribution is 5.75. The maximum Gasteiger partial charge on any atom is 0.508 e. The van der Waals surface area contributed by atoms with Crippen molar-refractivity contribution < 1.29 is 33.3 Å². The van der Waals surface area contributed by atoms with Crippen LogP contribution in [-0.4, -0.2) is 65.1 Å². The summed E-state index contributed by atoms with van der Waals surface area (Å²) in [5.74, 6) is 0.290. The van der Waals surface area contributed by atoms with Gasteiger partial charge in [-0.25, -0.2) is 14.8 Å². The molecule has 3 rings (SSSR count). The molecule has 2 aromatic rings. The van der Waals surface area contributed by atoms with Crippen molar-refractivity contribution in [1.82, 2.24) is 19.9 Å². The van der Waals surface area contributed by atoms with Crippen LogP contribution < -0.4 is 4.74 Å². The third-order valence-corrected chi connectivity index (χ3v) is 3.78. The highest BCUT2D eigenvalue weighted by atomic mass is 16.7. The minimum Gasteiger partial charge on any atom is -0.479 e. The van der Waals surface area contributed by atoms with E-state index in [0.717, 1.165) is 0 Å². The van der Waals surface area contributed by atoms with E-state index in [1.54, 1.807) is 0 Å². The van der Waals surface area contributed by atoms with E-state index < -0.39 is 30.4 Å². The summed E-state index contributed by atoms with van der Waals surface area (Å²) in [7, 11) is 2.70. The summed E-state index contributed by atoms with van der Waals surface area (Å²) in [6.45, 7) is 1.27. The summed E-state index contributed by atoms with van der Waals surface area (Å²) >= 11 is 0. The quantitative estimate of drug-likeness (QED) is 0.760. The molecule has 3 atom stereocenters. The van der Waals surface area contributed by atoms with E-state index in [-0.39, 0.29) is 6.61 Å². The van der Waals surface area contributed by atoms with Crippen LogP contribution in [0.3, 0.4) is 0 Å². The zero-order valence-corrected chi connectivity index (χ0v) is 14.4. The van der Waals surface area contributed by atoms with Crippen molar-refractivity contribution in [1.29, 1.82) is 0 Å². The number of ether oxygens (including phenoxy) is 5. The standard InChI is InChI=1S/C15H18N4O7/c1-7(20)25-9-4-8(5-24-15(21)23-3)26-11(9)13-18-10-12(19-13)16-6-17-14(10)22-2/h6,8-9,11H,4-5H2,1-3H3,(H,16,17,18,19)/t8-,9+,11+/m0/s1. The van der Waals surface area contributed by atoms with Gasteiger partial charge in [0.25, 0.3) is 0 Å². The van der Waals surface area contributed by atoms with Crippen LogP contribution in [0, 0.1) is 0 Å². The Kier molecular flexibility index (Phi) is 5.16. The van der Waals surface area contributed by atoms with E-state index in [0.29, 0.717) is 29.3 Å². The molecule has 11 nitrogen and oxygen atoms in total. The van der Waals surface area contributed by atoms with Crippen molar-refractivity contribution in [2.24, 2.45) is 0 Å². The number of H-pyrrole nitrogens is 1. The number of rotatable bonds is 5.